The summed E-state index contributed by atoms with van der Waals surface area (Å²) in [5, 5.41) is 11.6. The Balaban J connectivity index is 2.26. The Kier molecular flexibility index (Phi) is 5.57. The highest BCUT2D eigenvalue weighted by molar-refractivity contribution is 6.03. The van der Waals surface area contributed by atoms with Gasteiger partial charge in [0.1, 0.15) is 0 Å². The topological polar surface area (TPSA) is 92.1 Å². The molecule has 0 saturated heterocycles. The summed E-state index contributed by atoms with van der Waals surface area (Å²) in [7, 11) is 1.17. The summed E-state index contributed by atoms with van der Waals surface area (Å²) in [6, 6.07) is 9.34. The molecule has 0 aliphatic carbocycles. The number of para-hydroxylation sites is 1. The third-order valence-electron chi connectivity index (χ3n) is 3.39. The molecule has 2 rings (SSSR count). The molecule has 6 nitrogen and oxygen atoms in total. The highest BCUT2D eigenvalue weighted by Gasteiger charge is 2.31. The van der Waals surface area contributed by atoms with Crippen molar-refractivity contribution in [3.8, 4) is 6.07 Å². The molecule has 0 bridgehead atoms. The van der Waals surface area contributed by atoms with Gasteiger partial charge in [0.2, 0.25) is 5.91 Å². The number of nitriles is 1. The summed E-state index contributed by atoms with van der Waals surface area (Å²) in [5.41, 5.74) is -0.958. The average molecular weight is 363 g/mol. The maximum absolute atomic E-state index is 12.6. The minimum absolute atomic E-state index is 0.0698. The van der Waals surface area contributed by atoms with Gasteiger partial charge in [0.25, 0.3) is 0 Å². The number of methoxy groups -OCH3 is 1. The van der Waals surface area contributed by atoms with Crippen molar-refractivity contribution in [3.63, 3.8) is 0 Å². The van der Waals surface area contributed by atoms with Gasteiger partial charge in [0.05, 0.1) is 35.7 Å². The lowest BCUT2D eigenvalue weighted by atomic mass is 10.0. The van der Waals surface area contributed by atoms with Crippen molar-refractivity contribution in [3.05, 3.63) is 59.4 Å². The SMILES string of the molecule is COC(=O)c1ccccc1NC(=O)[C@H](C#N)c1ccc(C(F)(F)F)cn1. The first-order chi connectivity index (χ1) is 12.3. The Morgan fingerprint density at radius 3 is 2.46 bits per heavy atom. The molecule has 0 saturated carbocycles. The lowest BCUT2D eigenvalue weighted by Gasteiger charge is -2.13. The van der Waals surface area contributed by atoms with Crippen LogP contribution in [0.15, 0.2) is 42.6 Å². The summed E-state index contributed by atoms with van der Waals surface area (Å²) in [6.45, 7) is 0. The van der Waals surface area contributed by atoms with E-state index in [2.05, 4.69) is 15.0 Å². The second kappa shape index (κ2) is 7.65. The second-order valence-electron chi connectivity index (χ2n) is 5.06. The number of anilines is 1. The van der Waals surface area contributed by atoms with E-state index in [9.17, 15) is 28.0 Å². The van der Waals surface area contributed by atoms with Crippen LogP contribution in [0, 0.1) is 11.3 Å². The number of esters is 1. The number of rotatable bonds is 4. The lowest BCUT2D eigenvalue weighted by Crippen LogP contribution is -2.22. The second-order valence-corrected chi connectivity index (χ2v) is 5.06. The Morgan fingerprint density at radius 1 is 1.23 bits per heavy atom. The van der Waals surface area contributed by atoms with Crippen molar-refractivity contribution in [2.24, 2.45) is 0 Å². The number of nitrogens with zero attached hydrogens (tertiary/aromatic N) is 2. The van der Waals surface area contributed by atoms with Crippen LogP contribution in [-0.2, 0) is 15.7 Å². The van der Waals surface area contributed by atoms with Crippen LogP contribution in [-0.4, -0.2) is 24.0 Å². The number of nitrogens with one attached hydrogen (secondary N) is 1. The number of pyridine rings is 1. The summed E-state index contributed by atoms with van der Waals surface area (Å²) < 4.78 is 42.3. The molecule has 0 spiro atoms. The van der Waals surface area contributed by atoms with Gasteiger partial charge < -0.3 is 10.1 Å². The summed E-state index contributed by atoms with van der Waals surface area (Å²) >= 11 is 0. The first-order valence-corrected chi connectivity index (χ1v) is 7.19. The molecule has 0 unspecified atom stereocenters. The molecular formula is C17H12F3N3O3. The first kappa shape index (κ1) is 18.9. The molecule has 1 N–H and O–H groups in total. The first-order valence-electron chi connectivity index (χ1n) is 7.19. The fourth-order valence-corrected chi connectivity index (χ4v) is 2.09. The molecule has 0 fully saturated rings. The summed E-state index contributed by atoms with van der Waals surface area (Å²) in [6.07, 6.45) is -4.02. The standard InChI is InChI=1S/C17H12F3N3O3/c1-26-16(25)11-4-2-3-5-14(11)23-15(24)12(8-21)13-7-6-10(9-22-13)17(18,19)20/h2-7,9,12H,1H3,(H,23,24)/t12-/m1/s1. The quantitative estimate of drug-likeness (QED) is 0.843. The maximum Gasteiger partial charge on any atom is 0.417 e. The fourth-order valence-electron chi connectivity index (χ4n) is 2.09. The molecule has 0 aliphatic heterocycles. The van der Waals surface area contributed by atoms with Crippen molar-refractivity contribution >= 4 is 17.6 Å². The van der Waals surface area contributed by atoms with E-state index in [-0.39, 0.29) is 16.9 Å². The van der Waals surface area contributed by atoms with E-state index in [1.165, 1.54) is 19.2 Å². The van der Waals surface area contributed by atoms with Crippen LogP contribution < -0.4 is 5.32 Å². The normalized spacial score (nSPS) is 12.0. The zero-order valence-corrected chi connectivity index (χ0v) is 13.4. The number of amides is 1. The van der Waals surface area contributed by atoms with E-state index >= 15 is 0 Å². The molecule has 1 aromatic carbocycles. The van der Waals surface area contributed by atoms with Crippen molar-refractivity contribution in [2.75, 3.05) is 12.4 Å². The maximum atomic E-state index is 12.6. The Labute approximate surface area is 146 Å². The van der Waals surface area contributed by atoms with E-state index in [0.717, 1.165) is 12.1 Å². The van der Waals surface area contributed by atoms with Gasteiger partial charge in [-0.15, -0.1) is 0 Å². The molecule has 1 amide bonds. The monoisotopic (exact) mass is 363 g/mol. The highest BCUT2D eigenvalue weighted by atomic mass is 19.4. The van der Waals surface area contributed by atoms with Crippen molar-refractivity contribution in [1.29, 1.82) is 5.26 Å². The summed E-state index contributed by atoms with van der Waals surface area (Å²) in [4.78, 5) is 27.6. The van der Waals surface area contributed by atoms with Gasteiger partial charge in [0, 0.05) is 6.20 Å². The van der Waals surface area contributed by atoms with Crippen LogP contribution in [0.3, 0.4) is 0 Å². The lowest BCUT2D eigenvalue weighted by molar-refractivity contribution is -0.137. The number of halogens is 3. The van der Waals surface area contributed by atoms with E-state index in [1.54, 1.807) is 18.2 Å². The average Bonchev–Trinajstić information content (AvgIpc) is 2.62. The number of hydrogen-bond donors (Lipinski definition) is 1. The van der Waals surface area contributed by atoms with Crippen molar-refractivity contribution in [2.45, 2.75) is 12.1 Å². The van der Waals surface area contributed by atoms with E-state index in [0.29, 0.717) is 6.20 Å². The number of benzene rings is 1. The zero-order valence-electron chi connectivity index (χ0n) is 13.4. The molecule has 2 aromatic rings. The van der Waals surface area contributed by atoms with Gasteiger partial charge >= 0.3 is 12.1 Å². The molecular weight excluding hydrogens is 351 g/mol. The van der Waals surface area contributed by atoms with Crippen LogP contribution in [0.2, 0.25) is 0 Å². The minimum atomic E-state index is -4.57. The van der Waals surface area contributed by atoms with Crippen LogP contribution >= 0.6 is 0 Å². The van der Waals surface area contributed by atoms with Crippen molar-refractivity contribution in [1.82, 2.24) is 4.98 Å². The van der Waals surface area contributed by atoms with E-state index in [1.807, 2.05) is 0 Å². The molecule has 134 valence electrons. The molecule has 9 heteroatoms. The number of alkyl halides is 3. The Hall–Kier alpha value is -3.41. The number of carbonyl (C=O) groups excluding carboxylic acids is 2. The molecule has 26 heavy (non-hydrogen) atoms. The molecule has 0 aliphatic rings. The van der Waals surface area contributed by atoms with Crippen LogP contribution in [0.1, 0.15) is 27.5 Å². The van der Waals surface area contributed by atoms with Gasteiger partial charge in [-0.05, 0) is 24.3 Å². The number of ether oxygens (including phenoxy) is 1. The predicted octanol–water partition coefficient (Wildman–Crippen LogP) is 3.13. The minimum Gasteiger partial charge on any atom is -0.465 e. The number of aromatic nitrogens is 1. The molecule has 0 radical (unpaired) electrons. The Morgan fingerprint density at radius 2 is 1.92 bits per heavy atom. The van der Waals surface area contributed by atoms with Crippen molar-refractivity contribution < 1.29 is 27.5 Å². The van der Waals surface area contributed by atoms with E-state index in [4.69, 9.17) is 0 Å². The molecule has 1 heterocycles. The van der Waals surface area contributed by atoms with Crippen LogP contribution in [0.5, 0.6) is 0 Å². The predicted molar refractivity (Wildman–Crippen MR) is 84.0 cm³/mol. The van der Waals surface area contributed by atoms with Gasteiger partial charge in [-0.1, -0.05) is 12.1 Å². The highest BCUT2D eigenvalue weighted by Crippen LogP contribution is 2.29. The molecule has 1 atom stereocenters. The number of hydrogen-bond acceptors (Lipinski definition) is 5. The van der Waals surface area contributed by atoms with Crippen LogP contribution in [0.25, 0.3) is 0 Å². The smallest absolute Gasteiger partial charge is 0.417 e. The number of carbonyl (C=O) groups is 2. The third kappa shape index (κ3) is 4.16. The fraction of sp³-hybridized carbons (Fsp3) is 0.176. The Bertz CT molecular complexity index is 858. The van der Waals surface area contributed by atoms with Crippen LogP contribution in [0.4, 0.5) is 18.9 Å². The zero-order chi connectivity index (χ0) is 19.3. The third-order valence-corrected chi connectivity index (χ3v) is 3.39. The van der Waals surface area contributed by atoms with Gasteiger partial charge in [-0.3, -0.25) is 9.78 Å². The van der Waals surface area contributed by atoms with Gasteiger partial charge in [-0.25, -0.2) is 4.79 Å². The summed E-state index contributed by atoms with van der Waals surface area (Å²) in [5.74, 6) is -2.99. The van der Waals surface area contributed by atoms with E-state index < -0.39 is 29.5 Å². The largest absolute Gasteiger partial charge is 0.465 e. The van der Waals surface area contributed by atoms with Gasteiger partial charge in [-0.2, -0.15) is 18.4 Å². The molecule has 1 aromatic heterocycles. The van der Waals surface area contributed by atoms with Gasteiger partial charge in [0.15, 0.2) is 5.92 Å².